The quantitative estimate of drug-likeness (QED) is 0.0812. The SMILES string of the molecule is O=C(OC1Cc2c(O)cc(O)cc2O[C@@H]1c1ccc(O)c(O)c1)c1cc(O)c(=O)c2c(O)c(O)cc(C3Oc4cc(O)cc(O)c4C[C@H]3OC(=O)c3cc(O)c(O)c(O)c3)c2c1. The van der Waals surface area contributed by atoms with Crippen LogP contribution in [-0.4, -0.2) is 85.4 Å². The third-order valence-electron chi connectivity index (χ3n) is 10.4. The summed E-state index contributed by atoms with van der Waals surface area (Å²) in [6.07, 6.45) is -6.51. The summed E-state index contributed by atoms with van der Waals surface area (Å²) >= 11 is 0. The maximum atomic E-state index is 14.2. The molecule has 0 amide bonds. The van der Waals surface area contributed by atoms with Gasteiger partial charge in [0.15, 0.2) is 58.2 Å². The standard InChI is InChI=1S/C43H32O19/c44-18-8-25(47)22-13-34(40(59-32(22)10-18)15-1-2-24(46)27(49)4-15)61-42(57)16-3-20-21(12-31(53)39(56)36(20)38(55)30(52)5-16)41-35(14-23-26(48)9-19(45)11-33(23)60-41)62-43(58)17-6-28(50)37(54)29(51)7-17/h1-12,34-35,40-41,44-51,53-54,56H,13-14H2,(H,52,55)/t34?,35-,40-,41?/m1/s1. The molecule has 2 heterocycles. The first-order valence-corrected chi connectivity index (χ1v) is 18.3. The molecule has 8 rings (SSSR count). The molecule has 4 atom stereocenters. The van der Waals surface area contributed by atoms with Crippen molar-refractivity contribution in [3.8, 4) is 80.5 Å². The van der Waals surface area contributed by atoms with Gasteiger partial charge in [0.25, 0.3) is 0 Å². The van der Waals surface area contributed by atoms with Gasteiger partial charge in [-0.05, 0) is 47.9 Å². The highest BCUT2D eigenvalue weighted by Gasteiger charge is 2.40. The molecule has 0 aromatic heterocycles. The molecule has 0 radical (unpaired) electrons. The zero-order chi connectivity index (χ0) is 44.5. The van der Waals surface area contributed by atoms with Crippen molar-refractivity contribution < 1.29 is 89.8 Å². The summed E-state index contributed by atoms with van der Waals surface area (Å²) < 4.78 is 23.8. The Morgan fingerprint density at radius 2 is 1.00 bits per heavy atom. The fourth-order valence-corrected chi connectivity index (χ4v) is 7.47. The van der Waals surface area contributed by atoms with Crippen LogP contribution in [0, 0.1) is 0 Å². The van der Waals surface area contributed by atoms with Gasteiger partial charge in [-0.25, -0.2) is 9.59 Å². The lowest BCUT2D eigenvalue weighted by atomic mass is 9.90. The number of rotatable bonds is 6. The first-order valence-electron chi connectivity index (χ1n) is 18.3. The highest BCUT2D eigenvalue weighted by atomic mass is 16.6. The Morgan fingerprint density at radius 1 is 0.500 bits per heavy atom. The first kappa shape index (κ1) is 40.2. The van der Waals surface area contributed by atoms with Crippen LogP contribution in [0.3, 0.4) is 0 Å². The number of phenolic OH excluding ortho intramolecular Hbond substituents is 11. The number of carbonyl (C=O) groups excluding carboxylic acids is 2. The zero-order valence-electron chi connectivity index (χ0n) is 31.4. The number of ether oxygens (including phenoxy) is 4. The van der Waals surface area contributed by atoms with Crippen LogP contribution in [0.2, 0.25) is 0 Å². The van der Waals surface area contributed by atoms with E-state index in [0.29, 0.717) is 6.07 Å². The predicted octanol–water partition coefficient (Wildman–Crippen LogP) is 4.47. The molecule has 0 saturated heterocycles. The van der Waals surface area contributed by atoms with E-state index in [1.807, 2.05) is 0 Å². The first-order chi connectivity index (χ1) is 29.4. The number of benzene rings is 5. The van der Waals surface area contributed by atoms with E-state index in [1.54, 1.807) is 0 Å². The summed E-state index contributed by atoms with van der Waals surface area (Å²) in [6.45, 7) is 0. The molecule has 6 aromatic carbocycles. The van der Waals surface area contributed by atoms with Gasteiger partial charge in [-0.3, -0.25) is 4.79 Å². The van der Waals surface area contributed by atoms with Crippen LogP contribution in [0.25, 0.3) is 10.8 Å². The lowest BCUT2D eigenvalue weighted by Crippen LogP contribution is -2.35. The summed E-state index contributed by atoms with van der Waals surface area (Å²) in [4.78, 5) is 41.5. The second kappa shape index (κ2) is 14.9. The number of hydrogen-bond donors (Lipinski definition) is 12. The number of hydrogen-bond acceptors (Lipinski definition) is 19. The van der Waals surface area contributed by atoms with Crippen molar-refractivity contribution >= 4 is 22.7 Å². The number of esters is 2. The molecule has 0 fully saturated rings. The van der Waals surface area contributed by atoms with Crippen LogP contribution >= 0.6 is 0 Å². The molecule has 62 heavy (non-hydrogen) atoms. The Kier molecular flexibility index (Phi) is 9.65. The molecule has 2 unspecified atom stereocenters. The Morgan fingerprint density at radius 3 is 1.56 bits per heavy atom. The third-order valence-corrected chi connectivity index (χ3v) is 10.4. The maximum absolute atomic E-state index is 14.2. The normalized spacial score (nSPS) is 17.8. The molecule has 0 aliphatic carbocycles. The molecule has 6 aromatic rings. The smallest absolute Gasteiger partial charge is 0.338 e. The summed E-state index contributed by atoms with van der Waals surface area (Å²) in [7, 11) is 0. The topological polar surface area (TPSA) is 331 Å². The summed E-state index contributed by atoms with van der Waals surface area (Å²) in [5.74, 6) is -11.3. The van der Waals surface area contributed by atoms with E-state index in [9.17, 15) is 75.7 Å². The van der Waals surface area contributed by atoms with Gasteiger partial charge in [-0.15, -0.1) is 0 Å². The molecule has 2 aliphatic heterocycles. The highest BCUT2D eigenvalue weighted by molar-refractivity contribution is 5.99. The number of aromatic hydroxyl groups is 12. The van der Waals surface area contributed by atoms with Crippen molar-refractivity contribution in [2.75, 3.05) is 0 Å². The molecule has 0 spiro atoms. The Hall–Kier alpha value is -8.61. The highest BCUT2D eigenvalue weighted by Crippen LogP contribution is 2.48. The van der Waals surface area contributed by atoms with Crippen molar-refractivity contribution in [3.05, 3.63) is 116 Å². The van der Waals surface area contributed by atoms with Crippen LogP contribution in [0.1, 0.15) is 55.2 Å². The number of carbonyl (C=O) groups is 2. The van der Waals surface area contributed by atoms with Crippen molar-refractivity contribution in [2.45, 2.75) is 37.3 Å². The second-order valence-electron chi connectivity index (χ2n) is 14.4. The Labute approximate surface area is 346 Å². The van der Waals surface area contributed by atoms with Gasteiger partial charge in [0, 0.05) is 59.4 Å². The minimum absolute atomic E-state index is 0.00608. The molecular weight excluding hydrogens is 820 g/mol. The van der Waals surface area contributed by atoms with Gasteiger partial charge in [-0.2, -0.15) is 0 Å². The maximum Gasteiger partial charge on any atom is 0.338 e. The van der Waals surface area contributed by atoms with Gasteiger partial charge in [0.05, 0.1) is 16.5 Å². The monoisotopic (exact) mass is 852 g/mol. The van der Waals surface area contributed by atoms with Crippen LogP contribution in [0.4, 0.5) is 0 Å². The van der Waals surface area contributed by atoms with Crippen molar-refractivity contribution in [3.63, 3.8) is 0 Å². The van der Waals surface area contributed by atoms with Gasteiger partial charge in [0.2, 0.25) is 5.43 Å². The second-order valence-corrected chi connectivity index (χ2v) is 14.4. The van der Waals surface area contributed by atoms with E-state index in [4.69, 9.17) is 18.9 Å². The van der Waals surface area contributed by atoms with Crippen LogP contribution in [-0.2, 0) is 22.3 Å². The predicted molar refractivity (Wildman–Crippen MR) is 209 cm³/mol. The van der Waals surface area contributed by atoms with E-state index in [2.05, 4.69) is 0 Å². The van der Waals surface area contributed by atoms with E-state index < -0.39 is 133 Å². The zero-order valence-corrected chi connectivity index (χ0v) is 31.4. The summed E-state index contributed by atoms with van der Waals surface area (Å²) in [5, 5.41) is 124. The number of fused-ring (bicyclic) bond motifs is 3. The molecule has 0 bridgehead atoms. The summed E-state index contributed by atoms with van der Waals surface area (Å²) in [5.41, 5.74) is -2.37. The third kappa shape index (κ3) is 7.01. The van der Waals surface area contributed by atoms with Crippen LogP contribution in [0.15, 0.2) is 77.6 Å². The number of phenols is 11. The molecule has 12 N–H and O–H groups in total. The molecular formula is C43H32O19. The van der Waals surface area contributed by atoms with E-state index in [0.717, 1.165) is 54.6 Å². The molecule has 2 aliphatic rings. The van der Waals surface area contributed by atoms with Gasteiger partial charge >= 0.3 is 11.9 Å². The fourth-order valence-electron chi connectivity index (χ4n) is 7.47. The minimum atomic E-state index is -1.65. The van der Waals surface area contributed by atoms with Gasteiger partial charge in [-0.1, -0.05) is 6.07 Å². The van der Waals surface area contributed by atoms with E-state index in [-0.39, 0.29) is 45.9 Å². The molecule has 318 valence electrons. The van der Waals surface area contributed by atoms with Crippen molar-refractivity contribution in [1.82, 2.24) is 0 Å². The van der Waals surface area contributed by atoms with E-state index >= 15 is 0 Å². The van der Waals surface area contributed by atoms with Crippen molar-refractivity contribution in [1.29, 1.82) is 0 Å². The van der Waals surface area contributed by atoms with Crippen LogP contribution in [0.5, 0.6) is 80.5 Å². The lowest BCUT2D eigenvalue weighted by Gasteiger charge is -2.34. The molecule has 19 heteroatoms. The summed E-state index contributed by atoms with van der Waals surface area (Å²) in [6, 6.07) is 12.0. The van der Waals surface area contributed by atoms with Gasteiger partial charge < -0.3 is 80.2 Å². The van der Waals surface area contributed by atoms with E-state index in [1.165, 1.54) is 12.1 Å². The average Bonchev–Trinajstić information content (AvgIpc) is 3.34. The molecule has 19 nitrogen and oxygen atoms in total. The Balaban J connectivity index is 1.25. The lowest BCUT2D eigenvalue weighted by molar-refractivity contribution is -0.0188. The minimum Gasteiger partial charge on any atom is -0.508 e. The molecule has 0 saturated carbocycles. The largest absolute Gasteiger partial charge is 0.508 e. The average molecular weight is 853 g/mol. The van der Waals surface area contributed by atoms with Crippen LogP contribution < -0.4 is 14.9 Å². The van der Waals surface area contributed by atoms with Gasteiger partial charge in [0.1, 0.15) is 46.7 Å². The van der Waals surface area contributed by atoms with Crippen molar-refractivity contribution in [2.24, 2.45) is 0 Å². The Bertz CT molecular complexity index is 2920. The fraction of sp³-hybridized carbons (Fsp3) is 0.140.